The van der Waals surface area contributed by atoms with Crippen molar-refractivity contribution in [2.24, 2.45) is 0 Å². The fourth-order valence-corrected chi connectivity index (χ4v) is 2.37. The molecule has 2 aromatic rings. The van der Waals surface area contributed by atoms with Crippen molar-refractivity contribution in [1.82, 2.24) is 0 Å². The van der Waals surface area contributed by atoms with Gasteiger partial charge in [-0.15, -0.1) is 0 Å². The summed E-state index contributed by atoms with van der Waals surface area (Å²) in [6.07, 6.45) is 0. The number of benzene rings is 2. The van der Waals surface area contributed by atoms with Crippen LogP contribution >= 0.6 is 11.6 Å². The summed E-state index contributed by atoms with van der Waals surface area (Å²) in [4.78, 5) is 12.6. The number of ketones is 1. The zero-order valence-electron chi connectivity index (χ0n) is 11.7. The molecular weight excluding hydrogens is 274 g/mol. The number of rotatable bonds is 3. The molecule has 0 bridgehead atoms. The third-order valence-electron chi connectivity index (χ3n) is 3.31. The van der Waals surface area contributed by atoms with Gasteiger partial charge in [-0.05, 0) is 49.2 Å². The Hall–Kier alpha value is -2.00. The zero-order valence-corrected chi connectivity index (χ0v) is 12.4. The Morgan fingerprint density at radius 3 is 2.50 bits per heavy atom. The monoisotopic (exact) mass is 289 g/mol. The molecule has 0 aromatic heterocycles. The molecule has 20 heavy (non-hydrogen) atoms. The summed E-state index contributed by atoms with van der Waals surface area (Å²) in [5.41, 5.74) is 9.19. The minimum Gasteiger partial charge on any atom is -0.496 e. The predicted molar refractivity (Wildman–Crippen MR) is 81.8 cm³/mol. The highest BCUT2D eigenvalue weighted by molar-refractivity contribution is 6.31. The molecule has 0 atom stereocenters. The third-order valence-corrected chi connectivity index (χ3v) is 3.53. The van der Waals surface area contributed by atoms with Crippen molar-refractivity contribution in [3.63, 3.8) is 0 Å². The molecule has 0 amide bonds. The lowest BCUT2D eigenvalue weighted by atomic mass is 9.97. The van der Waals surface area contributed by atoms with Crippen molar-refractivity contribution >= 4 is 23.1 Å². The lowest BCUT2D eigenvalue weighted by Gasteiger charge is -2.13. The van der Waals surface area contributed by atoms with Gasteiger partial charge in [-0.25, -0.2) is 0 Å². The average molecular weight is 290 g/mol. The van der Waals surface area contributed by atoms with Crippen molar-refractivity contribution in [2.45, 2.75) is 13.8 Å². The first kappa shape index (κ1) is 14.4. The smallest absolute Gasteiger partial charge is 0.196 e. The van der Waals surface area contributed by atoms with E-state index in [1.165, 1.54) is 0 Å². The molecule has 0 saturated carbocycles. The molecule has 0 aliphatic rings. The van der Waals surface area contributed by atoms with Crippen LogP contribution in [0.3, 0.4) is 0 Å². The Kier molecular flexibility index (Phi) is 4.00. The minimum atomic E-state index is -0.154. The van der Waals surface area contributed by atoms with E-state index in [0.717, 1.165) is 11.1 Å². The summed E-state index contributed by atoms with van der Waals surface area (Å²) in [7, 11) is 1.56. The molecule has 2 N–H and O–H groups in total. The van der Waals surface area contributed by atoms with Gasteiger partial charge in [0.15, 0.2) is 5.78 Å². The summed E-state index contributed by atoms with van der Waals surface area (Å²) in [5.74, 6) is 0.438. The number of carbonyl (C=O) groups excluding carboxylic acids is 1. The first-order valence-corrected chi connectivity index (χ1v) is 6.56. The van der Waals surface area contributed by atoms with E-state index < -0.39 is 0 Å². The van der Waals surface area contributed by atoms with E-state index in [9.17, 15) is 4.79 Å². The maximum atomic E-state index is 12.6. The summed E-state index contributed by atoms with van der Waals surface area (Å²) < 4.78 is 5.37. The van der Waals surface area contributed by atoms with Crippen molar-refractivity contribution in [3.05, 3.63) is 57.6 Å². The number of carbonyl (C=O) groups is 1. The fraction of sp³-hybridized carbons (Fsp3) is 0.188. The van der Waals surface area contributed by atoms with E-state index in [1.54, 1.807) is 31.4 Å². The lowest BCUT2D eigenvalue weighted by Crippen LogP contribution is -2.06. The minimum absolute atomic E-state index is 0.154. The quantitative estimate of drug-likeness (QED) is 0.691. The van der Waals surface area contributed by atoms with E-state index in [4.69, 9.17) is 22.1 Å². The number of halogens is 1. The molecule has 0 fully saturated rings. The molecule has 0 radical (unpaired) electrons. The molecule has 4 heteroatoms. The number of nitrogens with two attached hydrogens (primary N) is 1. The molecule has 0 heterocycles. The number of methoxy groups -OCH3 is 1. The first-order chi connectivity index (χ1) is 9.43. The normalized spacial score (nSPS) is 10.4. The Labute approximate surface area is 123 Å². The van der Waals surface area contributed by atoms with Crippen molar-refractivity contribution in [1.29, 1.82) is 0 Å². The van der Waals surface area contributed by atoms with Crippen LogP contribution in [-0.4, -0.2) is 12.9 Å². The summed E-state index contributed by atoms with van der Waals surface area (Å²) in [6, 6.07) is 8.49. The van der Waals surface area contributed by atoms with Crippen LogP contribution in [0.4, 0.5) is 5.69 Å². The van der Waals surface area contributed by atoms with Crippen LogP contribution in [0.25, 0.3) is 0 Å². The topological polar surface area (TPSA) is 52.3 Å². The van der Waals surface area contributed by atoms with Gasteiger partial charge in [0.25, 0.3) is 0 Å². The van der Waals surface area contributed by atoms with E-state index in [-0.39, 0.29) is 5.78 Å². The molecule has 2 aromatic carbocycles. The van der Waals surface area contributed by atoms with E-state index >= 15 is 0 Å². The number of hydrogen-bond donors (Lipinski definition) is 1. The highest BCUT2D eigenvalue weighted by atomic mass is 35.5. The number of aryl methyl sites for hydroxylation is 1. The molecule has 0 unspecified atom stereocenters. The predicted octanol–water partition coefficient (Wildman–Crippen LogP) is 3.78. The van der Waals surface area contributed by atoms with Crippen LogP contribution in [0.2, 0.25) is 5.02 Å². The average Bonchev–Trinajstić information content (AvgIpc) is 2.39. The van der Waals surface area contributed by atoms with Gasteiger partial charge in [0, 0.05) is 16.3 Å². The fourth-order valence-electron chi connectivity index (χ4n) is 2.13. The van der Waals surface area contributed by atoms with Crippen LogP contribution in [0.15, 0.2) is 30.3 Å². The molecular formula is C16H16ClNO2. The molecule has 0 saturated heterocycles. The number of hydrogen-bond acceptors (Lipinski definition) is 3. The molecule has 2 rings (SSSR count). The second-order valence-electron chi connectivity index (χ2n) is 4.69. The zero-order chi connectivity index (χ0) is 14.9. The molecule has 104 valence electrons. The summed E-state index contributed by atoms with van der Waals surface area (Å²) >= 11 is 5.95. The van der Waals surface area contributed by atoms with Crippen LogP contribution in [0.1, 0.15) is 27.0 Å². The summed E-state index contributed by atoms with van der Waals surface area (Å²) in [5, 5.41) is 0.441. The second kappa shape index (κ2) is 5.55. The van der Waals surface area contributed by atoms with E-state index in [2.05, 4.69) is 0 Å². The van der Waals surface area contributed by atoms with Gasteiger partial charge < -0.3 is 10.5 Å². The summed E-state index contributed by atoms with van der Waals surface area (Å²) in [6.45, 7) is 3.90. The van der Waals surface area contributed by atoms with Gasteiger partial charge in [-0.3, -0.25) is 4.79 Å². The Balaban J connectivity index is 2.56. The van der Waals surface area contributed by atoms with Crippen LogP contribution in [-0.2, 0) is 0 Å². The van der Waals surface area contributed by atoms with Gasteiger partial charge in [-0.1, -0.05) is 17.7 Å². The molecule has 0 aliphatic carbocycles. The Morgan fingerprint density at radius 1 is 1.20 bits per heavy atom. The first-order valence-electron chi connectivity index (χ1n) is 6.19. The van der Waals surface area contributed by atoms with Gasteiger partial charge in [0.1, 0.15) is 5.75 Å². The Morgan fingerprint density at radius 2 is 1.90 bits per heavy atom. The van der Waals surface area contributed by atoms with Gasteiger partial charge in [0.2, 0.25) is 0 Å². The van der Waals surface area contributed by atoms with Crippen LogP contribution in [0.5, 0.6) is 5.75 Å². The van der Waals surface area contributed by atoms with Crippen LogP contribution in [0, 0.1) is 13.8 Å². The molecule has 0 aliphatic heterocycles. The van der Waals surface area contributed by atoms with E-state index in [1.807, 2.05) is 19.9 Å². The number of ether oxygens (including phenoxy) is 1. The van der Waals surface area contributed by atoms with Crippen LogP contribution < -0.4 is 10.5 Å². The van der Waals surface area contributed by atoms with Crippen molar-refractivity contribution in [2.75, 3.05) is 12.8 Å². The van der Waals surface area contributed by atoms with Gasteiger partial charge in [0.05, 0.1) is 12.7 Å². The van der Waals surface area contributed by atoms with E-state index in [0.29, 0.717) is 27.6 Å². The Bertz CT molecular complexity index is 660. The number of anilines is 1. The van der Waals surface area contributed by atoms with Crippen molar-refractivity contribution in [3.8, 4) is 5.75 Å². The van der Waals surface area contributed by atoms with Gasteiger partial charge in [-0.2, -0.15) is 0 Å². The standard InChI is InChI=1S/C16H16ClNO2/c1-9-4-5-14(16(20-3)10(9)2)15(19)11-6-12(17)8-13(18)7-11/h4-8H,18H2,1-3H3. The maximum absolute atomic E-state index is 12.6. The highest BCUT2D eigenvalue weighted by Crippen LogP contribution is 2.29. The second-order valence-corrected chi connectivity index (χ2v) is 5.13. The maximum Gasteiger partial charge on any atom is 0.196 e. The van der Waals surface area contributed by atoms with Gasteiger partial charge >= 0.3 is 0 Å². The molecule has 0 spiro atoms. The molecule has 3 nitrogen and oxygen atoms in total. The van der Waals surface area contributed by atoms with Crippen molar-refractivity contribution < 1.29 is 9.53 Å². The largest absolute Gasteiger partial charge is 0.496 e. The SMILES string of the molecule is COc1c(C(=O)c2cc(N)cc(Cl)c2)ccc(C)c1C. The lowest BCUT2D eigenvalue weighted by molar-refractivity contribution is 0.103. The number of nitrogen functional groups attached to an aromatic ring is 1. The third kappa shape index (κ3) is 2.63. The highest BCUT2D eigenvalue weighted by Gasteiger charge is 2.17.